The van der Waals surface area contributed by atoms with Gasteiger partial charge in [-0.05, 0) is 19.1 Å². The molecule has 1 heterocycles. The summed E-state index contributed by atoms with van der Waals surface area (Å²) in [5.41, 5.74) is 0.716. The fourth-order valence-electron chi connectivity index (χ4n) is 1.72. The summed E-state index contributed by atoms with van der Waals surface area (Å²) in [6.07, 6.45) is 0. The van der Waals surface area contributed by atoms with E-state index in [1.54, 1.807) is 12.1 Å². The van der Waals surface area contributed by atoms with Crippen LogP contribution in [0.1, 0.15) is 18.3 Å². The summed E-state index contributed by atoms with van der Waals surface area (Å²) in [5, 5.41) is 20.9. The van der Waals surface area contributed by atoms with Gasteiger partial charge in [-0.1, -0.05) is 12.1 Å². The maximum atomic E-state index is 13.3. The van der Waals surface area contributed by atoms with Crippen molar-refractivity contribution in [3.63, 3.8) is 0 Å². The first-order valence-corrected chi connectivity index (χ1v) is 5.91. The molecular formula is C14H10FN5. The van der Waals surface area contributed by atoms with Gasteiger partial charge in [0.25, 0.3) is 0 Å². The van der Waals surface area contributed by atoms with E-state index in [0.29, 0.717) is 23.6 Å². The number of aromatic nitrogens is 2. The Hall–Kier alpha value is -2.99. The molecule has 0 atom stereocenters. The standard InChI is InChI=1S/C14H10FN5/c1-2-18-14-13(9-4-3-5-10(15)6-9)19-11(7-16)12(8-17)20-14/h3-6H,2H2,1H3,(H,18,20). The SMILES string of the molecule is CCNc1nc(C#N)c(C#N)nc1-c1cccc(F)c1. The van der Waals surface area contributed by atoms with Gasteiger partial charge in [0.2, 0.25) is 0 Å². The molecule has 1 aromatic heterocycles. The van der Waals surface area contributed by atoms with Gasteiger partial charge in [-0.25, -0.2) is 14.4 Å². The van der Waals surface area contributed by atoms with Gasteiger partial charge in [-0.15, -0.1) is 0 Å². The Kier molecular flexibility index (Phi) is 3.88. The smallest absolute Gasteiger partial charge is 0.179 e. The first kappa shape index (κ1) is 13.4. The Labute approximate surface area is 115 Å². The van der Waals surface area contributed by atoms with Gasteiger partial charge in [-0.3, -0.25) is 0 Å². The maximum absolute atomic E-state index is 13.3. The van der Waals surface area contributed by atoms with Crippen LogP contribution in [0.15, 0.2) is 24.3 Å². The minimum atomic E-state index is -0.408. The van der Waals surface area contributed by atoms with Crippen LogP contribution in [0.25, 0.3) is 11.3 Å². The van der Waals surface area contributed by atoms with E-state index >= 15 is 0 Å². The molecule has 0 radical (unpaired) electrons. The van der Waals surface area contributed by atoms with Crippen LogP contribution in [0.4, 0.5) is 10.2 Å². The normalized spacial score (nSPS) is 9.60. The first-order valence-electron chi connectivity index (χ1n) is 5.91. The predicted molar refractivity (Wildman–Crippen MR) is 71.0 cm³/mol. The molecule has 0 amide bonds. The highest BCUT2D eigenvalue weighted by molar-refractivity contribution is 5.72. The van der Waals surface area contributed by atoms with Crippen LogP contribution in [-0.4, -0.2) is 16.5 Å². The fraction of sp³-hybridized carbons (Fsp3) is 0.143. The summed E-state index contributed by atoms with van der Waals surface area (Å²) < 4.78 is 13.3. The summed E-state index contributed by atoms with van der Waals surface area (Å²) in [7, 11) is 0. The summed E-state index contributed by atoms with van der Waals surface area (Å²) in [6, 6.07) is 9.49. The van der Waals surface area contributed by atoms with E-state index < -0.39 is 5.82 Å². The summed E-state index contributed by atoms with van der Waals surface area (Å²) in [6.45, 7) is 2.43. The highest BCUT2D eigenvalue weighted by Crippen LogP contribution is 2.26. The molecule has 0 aliphatic rings. The van der Waals surface area contributed by atoms with Gasteiger partial charge in [0, 0.05) is 12.1 Å². The van der Waals surface area contributed by atoms with Crippen LogP contribution in [0.3, 0.4) is 0 Å². The minimum absolute atomic E-state index is 0.0522. The number of nitrogens with zero attached hydrogens (tertiary/aromatic N) is 4. The topological polar surface area (TPSA) is 85.4 Å². The van der Waals surface area contributed by atoms with Crippen molar-refractivity contribution < 1.29 is 4.39 Å². The van der Waals surface area contributed by atoms with Crippen LogP contribution < -0.4 is 5.32 Å². The van der Waals surface area contributed by atoms with Crippen molar-refractivity contribution in [2.45, 2.75) is 6.92 Å². The molecule has 1 N–H and O–H groups in total. The zero-order chi connectivity index (χ0) is 14.5. The third kappa shape index (κ3) is 2.55. The average Bonchev–Trinajstić information content (AvgIpc) is 2.47. The lowest BCUT2D eigenvalue weighted by Crippen LogP contribution is -2.07. The molecule has 0 saturated carbocycles. The van der Waals surface area contributed by atoms with Crippen molar-refractivity contribution >= 4 is 5.82 Å². The van der Waals surface area contributed by atoms with E-state index in [4.69, 9.17) is 10.5 Å². The second-order valence-electron chi connectivity index (χ2n) is 3.88. The van der Waals surface area contributed by atoms with Crippen LogP contribution >= 0.6 is 0 Å². The number of hydrogen-bond acceptors (Lipinski definition) is 5. The molecule has 6 heteroatoms. The number of rotatable bonds is 3. The van der Waals surface area contributed by atoms with Gasteiger partial charge < -0.3 is 5.32 Å². The zero-order valence-corrected chi connectivity index (χ0v) is 10.7. The van der Waals surface area contributed by atoms with Gasteiger partial charge in [0.1, 0.15) is 23.6 Å². The second-order valence-corrected chi connectivity index (χ2v) is 3.88. The van der Waals surface area contributed by atoms with Crippen LogP contribution in [-0.2, 0) is 0 Å². The fourth-order valence-corrected chi connectivity index (χ4v) is 1.72. The van der Waals surface area contributed by atoms with E-state index in [2.05, 4.69) is 15.3 Å². The second kappa shape index (κ2) is 5.77. The summed E-state index contributed by atoms with van der Waals surface area (Å²) in [4.78, 5) is 8.19. The number of benzene rings is 1. The molecule has 98 valence electrons. The summed E-state index contributed by atoms with van der Waals surface area (Å²) >= 11 is 0. The number of anilines is 1. The van der Waals surface area contributed by atoms with Crippen LogP contribution in [0, 0.1) is 28.5 Å². The lowest BCUT2D eigenvalue weighted by Gasteiger charge is -2.10. The van der Waals surface area contributed by atoms with Crippen molar-refractivity contribution in [2.24, 2.45) is 0 Å². The average molecular weight is 267 g/mol. The third-order valence-corrected chi connectivity index (χ3v) is 2.55. The maximum Gasteiger partial charge on any atom is 0.179 e. The van der Waals surface area contributed by atoms with Crippen LogP contribution in [0.2, 0.25) is 0 Å². The Balaban J connectivity index is 2.68. The molecule has 0 saturated heterocycles. The Morgan fingerprint density at radius 3 is 2.50 bits per heavy atom. The van der Waals surface area contributed by atoms with Gasteiger partial charge in [0.05, 0.1) is 0 Å². The highest BCUT2D eigenvalue weighted by atomic mass is 19.1. The number of hydrogen-bond donors (Lipinski definition) is 1. The number of nitriles is 2. The van der Waals surface area contributed by atoms with E-state index in [9.17, 15) is 4.39 Å². The summed E-state index contributed by atoms with van der Waals surface area (Å²) in [5.74, 6) is -0.0525. The van der Waals surface area contributed by atoms with Crippen molar-refractivity contribution in [1.82, 2.24) is 9.97 Å². The molecular weight excluding hydrogens is 257 g/mol. The van der Waals surface area contributed by atoms with Gasteiger partial charge >= 0.3 is 0 Å². The number of halogens is 1. The van der Waals surface area contributed by atoms with Crippen molar-refractivity contribution in [3.8, 4) is 23.4 Å². The molecule has 2 aromatic rings. The molecule has 2 rings (SSSR count). The third-order valence-electron chi connectivity index (χ3n) is 2.55. The van der Waals surface area contributed by atoms with Crippen molar-refractivity contribution in [2.75, 3.05) is 11.9 Å². The van der Waals surface area contributed by atoms with Crippen molar-refractivity contribution in [1.29, 1.82) is 10.5 Å². The Bertz CT molecular complexity index is 727. The molecule has 0 aliphatic heterocycles. The lowest BCUT2D eigenvalue weighted by atomic mass is 10.1. The zero-order valence-electron chi connectivity index (χ0n) is 10.7. The Morgan fingerprint density at radius 2 is 1.90 bits per heavy atom. The molecule has 1 aromatic carbocycles. The van der Waals surface area contributed by atoms with Crippen LogP contribution in [0.5, 0.6) is 0 Å². The molecule has 20 heavy (non-hydrogen) atoms. The van der Waals surface area contributed by atoms with E-state index in [1.165, 1.54) is 12.1 Å². The molecule has 0 spiro atoms. The predicted octanol–water partition coefficient (Wildman–Crippen LogP) is 2.46. The Morgan fingerprint density at radius 1 is 1.20 bits per heavy atom. The monoisotopic (exact) mass is 267 g/mol. The number of nitrogens with one attached hydrogen (secondary N) is 1. The highest BCUT2D eigenvalue weighted by Gasteiger charge is 2.15. The first-order chi connectivity index (χ1) is 9.69. The van der Waals surface area contributed by atoms with Gasteiger partial charge in [-0.2, -0.15) is 10.5 Å². The van der Waals surface area contributed by atoms with Gasteiger partial charge in [0.15, 0.2) is 17.2 Å². The molecule has 5 nitrogen and oxygen atoms in total. The molecule has 0 fully saturated rings. The van der Waals surface area contributed by atoms with Crippen molar-refractivity contribution in [3.05, 3.63) is 41.5 Å². The lowest BCUT2D eigenvalue weighted by molar-refractivity contribution is 0.628. The molecule has 0 aliphatic carbocycles. The van der Waals surface area contributed by atoms with E-state index in [1.807, 2.05) is 19.1 Å². The van der Waals surface area contributed by atoms with E-state index in [0.717, 1.165) is 0 Å². The largest absolute Gasteiger partial charge is 0.368 e. The molecule has 0 unspecified atom stereocenters. The minimum Gasteiger partial charge on any atom is -0.368 e. The quantitative estimate of drug-likeness (QED) is 0.923. The molecule has 0 bridgehead atoms. The van der Waals surface area contributed by atoms with E-state index in [-0.39, 0.29) is 11.4 Å².